The molecule has 2 aromatic rings. The molecule has 0 aliphatic heterocycles. The number of hydrogen-bond donors (Lipinski definition) is 0. The Morgan fingerprint density at radius 1 is 1.33 bits per heavy atom. The molecule has 0 unspecified atom stereocenters. The number of para-hydroxylation sites is 2. The zero-order valence-corrected chi connectivity index (χ0v) is 11.8. The monoisotopic (exact) mass is 281 g/mol. The van der Waals surface area contributed by atoms with Gasteiger partial charge in [-0.05, 0) is 12.1 Å². The van der Waals surface area contributed by atoms with Crippen LogP contribution in [0.5, 0.6) is 0 Å². The van der Waals surface area contributed by atoms with Crippen LogP contribution in [0.25, 0.3) is 11.0 Å². The second kappa shape index (κ2) is 6.53. The lowest BCUT2D eigenvalue weighted by atomic mass is 10.3. The van der Waals surface area contributed by atoms with E-state index in [0.717, 1.165) is 11.0 Å². The number of likely N-dealkylation sites (N-methyl/N-ethyl adjacent to an activating group) is 1. The molecule has 0 aliphatic rings. The quantitative estimate of drug-likeness (QED) is 0.830. The Kier molecular flexibility index (Phi) is 4.53. The summed E-state index contributed by atoms with van der Waals surface area (Å²) >= 11 is 0. The van der Waals surface area contributed by atoms with Crippen LogP contribution in [-0.2, 0) is 17.8 Å². The number of imidazole rings is 1. The predicted molar refractivity (Wildman–Crippen MR) is 76.9 cm³/mol. The molecular weight excluding hydrogens is 266 g/mol. The molecule has 1 aromatic heterocycles. The number of carbonyl (C=O) groups excluding carboxylic acids is 1. The molecule has 0 saturated carbocycles. The number of amides is 1. The molecule has 0 N–H and O–H groups in total. The van der Waals surface area contributed by atoms with Gasteiger partial charge in [-0.2, -0.15) is 10.5 Å². The summed E-state index contributed by atoms with van der Waals surface area (Å²) in [6, 6.07) is 11.6. The fourth-order valence-corrected chi connectivity index (χ4v) is 2.11. The summed E-state index contributed by atoms with van der Waals surface area (Å²) in [7, 11) is 1.67. The molecule has 6 nitrogen and oxygen atoms in total. The van der Waals surface area contributed by atoms with E-state index in [-0.39, 0.29) is 18.9 Å². The highest BCUT2D eigenvalue weighted by molar-refractivity contribution is 5.81. The van der Waals surface area contributed by atoms with Gasteiger partial charge in [-0.25, -0.2) is 4.98 Å². The molecule has 106 valence electrons. The van der Waals surface area contributed by atoms with Gasteiger partial charge in [0.2, 0.25) is 5.91 Å². The van der Waals surface area contributed by atoms with Crippen LogP contribution in [0, 0.1) is 22.7 Å². The highest BCUT2D eigenvalue weighted by Crippen LogP contribution is 2.16. The number of hydrogen-bond acceptors (Lipinski definition) is 4. The second-order valence-corrected chi connectivity index (χ2v) is 4.66. The minimum absolute atomic E-state index is 0.104. The Labute approximate surface area is 122 Å². The van der Waals surface area contributed by atoms with E-state index in [1.54, 1.807) is 11.6 Å². The van der Waals surface area contributed by atoms with Crippen molar-refractivity contribution in [3.63, 3.8) is 0 Å². The highest BCUT2D eigenvalue weighted by atomic mass is 16.2. The Hall–Kier alpha value is -2.86. The fourth-order valence-electron chi connectivity index (χ4n) is 2.11. The van der Waals surface area contributed by atoms with Crippen molar-refractivity contribution in [2.24, 2.45) is 0 Å². The van der Waals surface area contributed by atoms with Gasteiger partial charge in [-0.15, -0.1) is 0 Å². The van der Waals surface area contributed by atoms with E-state index >= 15 is 0 Å². The summed E-state index contributed by atoms with van der Waals surface area (Å²) in [5, 5.41) is 17.5. The summed E-state index contributed by atoms with van der Waals surface area (Å²) in [6.07, 6.45) is 0.460. The van der Waals surface area contributed by atoms with E-state index in [1.807, 2.05) is 30.3 Å². The SMILES string of the molecule is CN(CCC#N)C(=O)Cn1c(CC#N)nc2ccccc21. The Bertz CT molecular complexity index is 735. The van der Waals surface area contributed by atoms with Crippen molar-refractivity contribution in [3.05, 3.63) is 30.1 Å². The van der Waals surface area contributed by atoms with Gasteiger partial charge >= 0.3 is 0 Å². The molecule has 6 heteroatoms. The number of nitriles is 2. The number of benzene rings is 1. The van der Waals surface area contributed by atoms with Crippen molar-refractivity contribution < 1.29 is 4.79 Å². The molecule has 0 radical (unpaired) electrons. The van der Waals surface area contributed by atoms with E-state index in [4.69, 9.17) is 10.5 Å². The van der Waals surface area contributed by atoms with Gasteiger partial charge in [0.25, 0.3) is 0 Å². The fraction of sp³-hybridized carbons (Fsp3) is 0.333. The summed E-state index contributed by atoms with van der Waals surface area (Å²) in [4.78, 5) is 18.1. The van der Waals surface area contributed by atoms with Crippen LogP contribution in [0.15, 0.2) is 24.3 Å². The second-order valence-electron chi connectivity index (χ2n) is 4.66. The lowest BCUT2D eigenvalue weighted by molar-refractivity contribution is -0.130. The normalized spacial score (nSPS) is 10.0. The van der Waals surface area contributed by atoms with Crippen molar-refractivity contribution >= 4 is 16.9 Å². The molecule has 2 rings (SSSR count). The van der Waals surface area contributed by atoms with Crippen LogP contribution in [0.4, 0.5) is 0 Å². The molecular formula is C15H15N5O. The lowest BCUT2D eigenvalue weighted by Crippen LogP contribution is -2.31. The van der Waals surface area contributed by atoms with E-state index in [9.17, 15) is 4.79 Å². The van der Waals surface area contributed by atoms with Gasteiger partial charge in [0.1, 0.15) is 12.4 Å². The maximum Gasteiger partial charge on any atom is 0.242 e. The maximum absolute atomic E-state index is 12.2. The molecule has 0 spiro atoms. The molecule has 21 heavy (non-hydrogen) atoms. The first-order valence-electron chi connectivity index (χ1n) is 6.59. The molecule has 0 atom stereocenters. The predicted octanol–water partition coefficient (Wildman–Crippen LogP) is 1.47. The van der Waals surface area contributed by atoms with E-state index < -0.39 is 0 Å². The minimum Gasteiger partial charge on any atom is -0.343 e. The summed E-state index contributed by atoms with van der Waals surface area (Å²) in [5.74, 6) is 0.480. The largest absolute Gasteiger partial charge is 0.343 e. The standard InChI is InChI=1S/C15H15N5O/c1-19(10-4-8-16)15(21)11-20-13-6-3-2-5-12(13)18-14(20)7-9-17/h2-3,5-6H,4,7,10-11H2,1H3. The third-order valence-electron chi connectivity index (χ3n) is 3.25. The highest BCUT2D eigenvalue weighted by Gasteiger charge is 2.15. The average Bonchev–Trinajstić information content (AvgIpc) is 2.83. The molecule has 0 bridgehead atoms. The first kappa shape index (κ1) is 14.5. The zero-order chi connectivity index (χ0) is 15.2. The molecule has 0 saturated heterocycles. The first-order valence-corrected chi connectivity index (χ1v) is 6.59. The van der Waals surface area contributed by atoms with Gasteiger partial charge in [0.05, 0.1) is 36.0 Å². The van der Waals surface area contributed by atoms with E-state index in [2.05, 4.69) is 11.1 Å². The van der Waals surface area contributed by atoms with Crippen LogP contribution in [0.1, 0.15) is 12.2 Å². The number of fused-ring (bicyclic) bond motifs is 1. The van der Waals surface area contributed by atoms with Gasteiger partial charge < -0.3 is 9.47 Å². The van der Waals surface area contributed by atoms with Gasteiger partial charge in [-0.1, -0.05) is 12.1 Å². The van der Waals surface area contributed by atoms with Gasteiger partial charge in [0.15, 0.2) is 0 Å². The van der Waals surface area contributed by atoms with Crippen LogP contribution < -0.4 is 0 Å². The number of carbonyl (C=O) groups is 1. The molecule has 0 fully saturated rings. The molecule has 0 aliphatic carbocycles. The Balaban J connectivity index is 2.28. The number of aromatic nitrogens is 2. The van der Waals surface area contributed by atoms with E-state index in [1.165, 1.54) is 4.90 Å². The number of nitrogens with zero attached hydrogens (tertiary/aromatic N) is 5. The smallest absolute Gasteiger partial charge is 0.242 e. The third-order valence-corrected chi connectivity index (χ3v) is 3.25. The third kappa shape index (κ3) is 3.18. The van der Waals surface area contributed by atoms with E-state index in [0.29, 0.717) is 18.8 Å². The van der Waals surface area contributed by atoms with Crippen molar-refractivity contribution in [2.75, 3.05) is 13.6 Å². The van der Waals surface area contributed by atoms with Gasteiger partial charge in [0, 0.05) is 13.6 Å². The maximum atomic E-state index is 12.2. The van der Waals surface area contributed by atoms with Crippen molar-refractivity contribution in [1.29, 1.82) is 10.5 Å². The molecule has 1 heterocycles. The lowest BCUT2D eigenvalue weighted by Gasteiger charge is -2.16. The van der Waals surface area contributed by atoms with Crippen LogP contribution in [0.3, 0.4) is 0 Å². The van der Waals surface area contributed by atoms with Crippen LogP contribution in [-0.4, -0.2) is 34.0 Å². The van der Waals surface area contributed by atoms with Crippen molar-refractivity contribution in [1.82, 2.24) is 14.5 Å². The van der Waals surface area contributed by atoms with Crippen molar-refractivity contribution in [3.8, 4) is 12.1 Å². The topological polar surface area (TPSA) is 85.7 Å². The minimum atomic E-state index is -0.104. The summed E-state index contributed by atoms with van der Waals surface area (Å²) in [6.45, 7) is 0.523. The molecule has 1 aromatic carbocycles. The van der Waals surface area contributed by atoms with Crippen LogP contribution >= 0.6 is 0 Å². The van der Waals surface area contributed by atoms with Crippen molar-refractivity contribution in [2.45, 2.75) is 19.4 Å². The summed E-state index contributed by atoms with van der Waals surface area (Å²) in [5.41, 5.74) is 1.61. The van der Waals surface area contributed by atoms with Gasteiger partial charge in [-0.3, -0.25) is 4.79 Å². The zero-order valence-electron chi connectivity index (χ0n) is 11.8. The average molecular weight is 281 g/mol. The first-order chi connectivity index (χ1) is 10.2. The molecule has 1 amide bonds. The summed E-state index contributed by atoms with van der Waals surface area (Å²) < 4.78 is 1.77. The van der Waals surface area contributed by atoms with Crippen LogP contribution in [0.2, 0.25) is 0 Å². The Morgan fingerprint density at radius 3 is 2.81 bits per heavy atom. The Morgan fingerprint density at radius 2 is 2.10 bits per heavy atom. The number of rotatable bonds is 5.